The molecule has 0 bridgehead atoms. The zero-order valence-electron chi connectivity index (χ0n) is 9.50. The Bertz CT molecular complexity index is 465. The maximum absolute atomic E-state index is 11.7. The summed E-state index contributed by atoms with van der Waals surface area (Å²) in [6.45, 7) is 0. The molecule has 2 heteroatoms. The van der Waals surface area contributed by atoms with Gasteiger partial charge >= 0.3 is 0 Å². The molecule has 2 aromatic carbocycles. The Morgan fingerprint density at radius 2 is 1.47 bits per heavy atom. The Balaban J connectivity index is 1.83. The minimum absolute atomic E-state index is 0.222. The summed E-state index contributed by atoms with van der Waals surface area (Å²) in [6.07, 6.45) is 1.41. The van der Waals surface area contributed by atoms with E-state index in [1.54, 1.807) is 0 Å². The quantitative estimate of drug-likeness (QED) is 0.755. The Morgan fingerprint density at radius 1 is 0.882 bits per heavy atom. The van der Waals surface area contributed by atoms with Crippen LogP contribution in [0.4, 0.5) is 0 Å². The standard InChI is InChI=1S/C15H14OS/c16-15(17-14-9-5-2-6-10-14)12-11-13-7-3-1-4-8-13/h1-10H,11-12H2. The van der Waals surface area contributed by atoms with Gasteiger partial charge in [-0.05, 0) is 24.1 Å². The van der Waals surface area contributed by atoms with Crippen molar-refractivity contribution in [2.24, 2.45) is 0 Å². The van der Waals surface area contributed by atoms with Crippen molar-refractivity contribution in [1.29, 1.82) is 0 Å². The lowest BCUT2D eigenvalue weighted by Gasteiger charge is -2.01. The van der Waals surface area contributed by atoms with Crippen LogP contribution in [-0.2, 0) is 11.2 Å². The van der Waals surface area contributed by atoms with Gasteiger partial charge in [0.25, 0.3) is 0 Å². The smallest absolute Gasteiger partial charge is 0.194 e. The summed E-state index contributed by atoms with van der Waals surface area (Å²) in [6, 6.07) is 19.9. The van der Waals surface area contributed by atoms with Crippen LogP contribution in [0.25, 0.3) is 0 Å². The molecule has 0 spiro atoms. The third-order valence-corrected chi connectivity index (χ3v) is 3.38. The van der Waals surface area contributed by atoms with Crippen LogP contribution in [-0.4, -0.2) is 5.12 Å². The number of rotatable bonds is 4. The predicted octanol–water partition coefficient (Wildman–Crippen LogP) is 3.94. The number of benzene rings is 2. The molecule has 0 unspecified atom stereocenters. The summed E-state index contributed by atoms with van der Waals surface area (Å²) < 4.78 is 0. The van der Waals surface area contributed by atoms with Gasteiger partial charge in [0.15, 0.2) is 5.12 Å². The third-order valence-electron chi connectivity index (χ3n) is 2.44. The van der Waals surface area contributed by atoms with Crippen LogP contribution in [0.5, 0.6) is 0 Å². The molecule has 0 saturated heterocycles. The van der Waals surface area contributed by atoms with E-state index in [0.717, 1.165) is 11.3 Å². The Kier molecular flexibility index (Phi) is 4.39. The summed E-state index contributed by atoms with van der Waals surface area (Å²) >= 11 is 1.32. The van der Waals surface area contributed by atoms with Crippen LogP contribution in [0.1, 0.15) is 12.0 Å². The van der Waals surface area contributed by atoms with Gasteiger partial charge in [0.05, 0.1) is 0 Å². The SMILES string of the molecule is O=C(CCc1ccccc1)Sc1ccccc1. The molecule has 0 radical (unpaired) electrons. The lowest BCUT2D eigenvalue weighted by Crippen LogP contribution is -1.94. The summed E-state index contributed by atoms with van der Waals surface area (Å²) in [7, 11) is 0. The van der Waals surface area contributed by atoms with Gasteiger partial charge in [-0.25, -0.2) is 0 Å². The van der Waals surface area contributed by atoms with Crippen LogP contribution in [0, 0.1) is 0 Å². The van der Waals surface area contributed by atoms with E-state index in [2.05, 4.69) is 12.1 Å². The molecule has 86 valence electrons. The zero-order chi connectivity index (χ0) is 11.9. The molecule has 0 aliphatic heterocycles. The van der Waals surface area contributed by atoms with Crippen molar-refractivity contribution in [2.75, 3.05) is 0 Å². The minimum atomic E-state index is 0.222. The molecule has 2 rings (SSSR count). The van der Waals surface area contributed by atoms with Gasteiger partial charge in [-0.2, -0.15) is 0 Å². The first kappa shape index (κ1) is 11.9. The van der Waals surface area contributed by atoms with Gasteiger partial charge < -0.3 is 0 Å². The number of hydrogen-bond acceptors (Lipinski definition) is 2. The van der Waals surface area contributed by atoms with Gasteiger partial charge in [-0.3, -0.25) is 4.79 Å². The molecule has 0 fully saturated rings. The summed E-state index contributed by atoms with van der Waals surface area (Å²) in [4.78, 5) is 12.8. The minimum Gasteiger partial charge on any atom is -0.287 e. The van der Waals surface area contributed by atoms with E-state index in [9.17, 15) is 4.79 Å². The first-order valence-electron chi connectivity index (χ1n) is 5.64. The summed E-state index contributed by atoms with van der Waals surface area (Å²) in [5.74, 6) is 0. The van der Waals surface area contributed by atoms with E-state index < -0.39 is 0 Å². The maximum atomic E-state index is 11.7. The monoisotopic (exact) mass is 242 g/mol. The van der Waals surface area contributed by atoms with E-state index in [4.69, 9.17) is 0 Å². The van der Waals surface area contributed by atoms with Crippen molar-refractivity contribution >= 4 is 16.9 Å². The zero-order valence-corrected chi connectivity index (χ0v) is 10.3. The third kappa shape index (κ3) is 4.08. The molecule has 0 heterocycles. The van der Waals surface area contributed by atoms with Gasteiger partial charge in [0.1, 0.15) is 0 Å². The van der Waals surface area contributed by atoms with Crippen LogP contribution >= 0.6 is 11.8 Å². The molecule has 2 aromatic rings. The Morgan fingerprint density at radius 3 is 2.12 bits per heavy atom. The summed E-state index contributed by atoms with van der Waals surface area (Å²) in [5, 5.41) is 0.222. The van der Waals surface area contributed by atoms with E-state index in [1.165, 1.54) is 17.3 Å². The number of carbonyl (C=O) groups excluding carboxylic acids is 1. The second kappa shape index (κ2) is 6.26. The van der Waals surface area contributed by atoms with Crippen molar-refractivity contribution in [3.05, 3.63) is 66.2 Å². The molecular weight excluding hydrogens is 228 g/mol. The topological polar surface area (TPSA) is 17.1 Å². The number of carbonyl (C=O) groups is 1. The molecule has 1 nitrogen and oxygen atoms in total. The normalized spacial score (nSPS) is 10.1. The number of thioether (sulfide) groups is 1. The van der Waals surface area contributed by atoms with E-state index in [1.807, 2.05) is 48.5 Å². The molecule has 0 saturated carbocycles. The van der Waals surface area contributed by atoms with Crippen LogP contribution in [0.3, 0.4) is 0 Å². The second-order valence-electron chi connectivity index (χ2n) is 3.77. The molecule has 0 amide bonds. The predicted molar refractivity (Wildman–Crippen MR) is 72.1 cm³/mol. The molecule has 0 aromatic heterocycles. The van der Waals surface area contributed by atoms with Crippen LogP contribution in [0.2, 0.25) is 0 Å². The first-order chi connectivity index (χ1) is 8.34. The molecular formula is C15H14OS. The molecule has 0 atom stereocenters. The highest BCUT2D eigenvalue weighted by atomic mass is 32.2. The fraction of sp³-hybridized carbons (Fsp3) is 0.133. The van der Waals surface area contributed by atoms with Crippen LogP contribution in [0.15, 0.2) is 65.6 Å². The largest absolute Gasteiger partial charge is 0.287 e. The van der Waals surface area contributed by atoms with Gasteiger partial charge in [-0.15, -0.1) is 0 Å². The van der Waals surface area contributed by atoms with Crippen molar-refractivity contribution in [3.8, 4) is 0 Å². The molecule has 0 aliphatic carbocycles. The highest BCUT2D eigenvalue weighted by molar-refractivity contribution is 8.13. The van der Waals surface area contributed by atoms with Gasteiger partial charge in [0, 0.05) is 11.3 Å². The Hall–Kier alpha value is -1.54. The average Bonchev–Trinajstić information content (AvgIpc) is 2.39. The highest BCUT2D eigenvalue weighted by Crippen LogP contribution is 2.20. The fourth-order valence-electron chi connectivity index (χ4n) is 1.56. The lowest BCUT2D eigenvalue weighted by atomic mass is 10.1. The van der Waals surface area contributed by atoms with Crippen molar-refractivity contribution in [1.82, 2.24) is 0 Å². The van der Waals surface area contributed by atoms with E-state index in [-0.39, 0.29) is 5.12 Å². The molecule has 0 N–H and O–H groups in total. The van der Waals surface area contributed by atoms with E-state index in [0.29, 0.717) is 6.42 Å². The van der Waals surface area contributed by atoms with Crippen molar-refractivity contribution in [2.45, 2.75) is 17.7 Å². The summed E-state index contributed by atoms with van der Waals surface area (Å²) in [5.41, 5.74) is 1.22. The highest BCUT2D eigenvalue weighted by Gasteiger charge is 2.04. The fourth-order valence-corrected chi connectivity index (χ4v) is 2.32. The van der Waals surface area contributed by atoms with Gasteiger partial charge in [0.2, 0.25) is 0 Å². The molecule has 0 aliphatic rings. The average molecular weight is 242 g/mol. The number of aryl methyl sites for hydroxylation is 1. The lowest BCUT2D eigenvalue weighted by molar-refractivity contribution is -0.110. The van der Waals surface area contributed by atoms with E-state index >= 15 is 0 Å². The van der Waals surface area contributed by atoms with Crippen molar-refractivity contribution < 1.29 is 4.79 Å². The molecule has 17 heavy (non-hydrogen) atoms. The maximum Gasteiger partial charge on any atom is 0.194 e. The second-order valence-corrected chi connectivity index (χ2v) is 4.90. The van der Waals surface area contributed by atoms with Gasteiger partial charge in [-0.1, -0.05) is 60.3 Å². The Labute approximate surface area is 106 Å². The van der Waals surface area contributed by atoms with Crippen molar-refractivity contribution in [3.63, 3.8) is 0 Å². The van der Waals surface area contributed by atoms with Crippen LogP contribution < -0.4 is 0 Å². The number of hydrogen-bond donors (Lipinski definition) is 0. The first-order valence-corrected chi connectivity index (χ1v) is 6.46.